The van der Waals surface area contributed by atoms with Crippen molar-refractivity contribution in [3.05, 3.63) is 11.6 Å². The molecule has 0 amide bonds. The Morgan fingerprint density at radius 1 is 1.08 bits per heavy atom. The normalized spacial score (nSPS) is 49.9. The van der Waals surface area contributed by atoms with Crippen LogP contribution in [0.1, 0.15) is 100 Å². The Labute approximate surface area is 234 Å². The number of carbonyl (C=O) groups excluding carboxylic acids is 1. The maximum Gasteiger partial charge on any atom is 0.302 e. The summed E-state index contributed by atoms with van der Waals surface area (Å²) in [5.74, 6) is 0.321. The van der Waals surface area contributed by atoms with Crippen LogP contribution in [0.15, 0.2) is 11.6 Å². The minimum atomic E-state index is -1.31. The van der Waals surface area contributed by atoms with Crippen molar-refractivity contribution in [2.24, 2.45) is 45.3 Å². The Morgan fingerprint density at radius 2 is 1.74 bits per heavy atom. The highest BCUT2D eigenvalue weighted by Crippen LogP contribution is 2.73. The zero-order chi connectivity index (χ0) is 28.9. The molecule has 4 N–H and O–H groups in total. The van der Waals surface area contributed by atoms with Crippen LogP contribution in [0.2, 0.25) is 0 Å². The average molecular weight is 549 g/mol. The molecule has 0 aromatic heterocycles. The number of ether oxygens (including phenoxy) is 2. The van der Waals surface area contributed by atoms with Gasteiger partial charge >= 0.3 is 5.97 Å². The SMILES string of the molecule is CC(=O)O[C@@H]1CC[C@]2(C)[C@H]3CC[C@]4(C)C(=CC[C@H]4[C@@H]4C[C@H]([C@H](O)C(C)(C)O)O[C@H]4O)[C@]3(C)[C@H](O)C[C@H]2C1(C)C. The lowest BCUT2D eigenvalue weighted by molar-refractivity contribution is -0.220. The molecule has 0 spiro atoms. The Balaban J connectivity index is 1.42. The average Bonchev–Trinajstić information content (AvgIpc) is 3.36. The van der Waals surface area contributed by atoms with E-state index in [1.807, 2.05) is 0 Å². The molecule has 7 nitrogen and oxygen atoms in total. The maximum absolute atomic E-state index is 12.0. The lowest BCUT2D eigenvalue weighted by Gasteiger charge is -2.68. The summed E-state index contributed by atoms with van der Waals surface area (Å²) in [4.78, 5) is 11.9. The van der Waals surface area contributed by atoms with Gasteiger partial charge in [0.05, 0.1) is 17.8 Å². The van der Waals surface area contributed by atoms with E-state index in [9.17, 15) is 25.2 Å². The highest BCUT2D eigenvalue weighted by molar-refractivity contribution is 5.66. The van der Waals surface area contributed by atoms with E-state index in [-0.39, 0.29) is 51.5 Å². The highest BCUT2D eigenvalue weighted by atomic mass is 16.6. The van der Waals surface area contributed by atoms with Crippen molar-refractivity contribution in [2.45, 2.75) is 137 Å². The van der Waals surface area contributed by atoms with Crippen LogP contribution in [0, 0.1) is 45.3 Å². The van der Waals surface area contributed by atoms with E-state index in [4.69, 9.17) is 9.47 Å². The Hall–Kier alpha value is -0.990. The second kappa shape index (κ2) is 9.26. The fraction of sp³-hybridized carbons (Fsp3) is 0.906. The Kier molecular flexibility index (Phi) is 7.00. The molecule has 1 aliphatic heterocycles. The zero-order valence-corrected chi connectivity index (χ0v) is 25.2. The largest absolute Gasteiger partial charge is 0.462 e. The molecule has 3 saturated carbocycles. The molecule has 0 aromatic carbocycles. The molecular weight excluding hydrogens is 496 g/mol. The van der Waals surface area contributed by atoms with Crippen LogP contribution < -0.4 is 0 Å². The van der Waals surface area contributed by atoms with E-state index in [1.165, 1.54) is 12.5 Å². The summed E-state index contributed by atoms with van der Waals surface area (Å²) in [5.41, 5.74) is -0.727. The fourth-order valence-electron chi connectivity index (χ4n) is 10.8. The quantitative estimate of drug-likeness (QED) is 0.305. The van der Waals surface area contributed by atoms with Gasteiger partial charge in [0.2, 0.25) is 0 Å². The van der Waals surface area contributed by atoms with E-state index in [0.717, 1.165) is 32.1 Å². The summed E-state index contributed by atoms with van der Waals surface area (Å²) in [6.45, 7) is 16.1. The first-order valence-electron chi connectivity index (χ1n) is 15.2. The molecule has 1 saturated heterocycles. The number of hydrogen-bond acceptors (Lipinski definition) is 7. The summed E-state index contributed by atoms with van der Waals surface area (Å²) in [6.07, 6.45) is 4.85. The topological polar surface area (TPSA) is 116 Å². The smallest absolute Gasteiger partial charge is 0.302 e. The van der Waals surface area contributed by atoms with Crippen LogP contribution in [0.25, 0.3) is 0 Å². The van der Waals surface area contributed by atoms with Crippen LogP contribution in [0.5, 0.6) is 0 Å². The van der Waals surface area contributed by atoms with Crippen molar-refractivity contribution < 1.29 is 34.7 Å². The van der Waals surface area contributed by atoms with Crippen LogP contribution in [-0.2, 0) is 14.3 Å². The van der Waals surface area contributed by atoms with Gasteiger partial charge < -0.3 is 29.9 Å². The number of fused-ring (bicyclic) bond motifs is 5. The van der Waals surface area contributed by atoms with E-state index < -0.39 is 30.2 Å². The molecule has 12 atom stereocenters. The van der Waals surface area contributed by atoms with Gasteiger partial charge in [-0.3, -0.25) is 4.79 Å². The lowest BCUT2D eigenvalue weighted by Crippen LogP contribution is -2.65. The number of rotatable bonds is 4. The van der Waals surface area contributed by atoms with Crippen molar-refractivity contribution in [3.63, 3.8) is 0 Å². The first-order valence-corrected chi connectivity index (χ1v) is 15.2. The minimum Gasteiger partial charge on any atom is -0.462 e. The molecule has 222 valence electrons. The zero-order valence-electron chi connectivity index (χ0n) is 25.2. The molecule has 1 heterocycles. The van der Waals surface area contributed by atoms with Gasteiger partial charge in [-0.15, -0.1) is 0 Å². The third kappa shape index (κ3) is 4.19. The summed E-state index contributed by atoms with van der Waals surface area (Å²) >= 11 is 0. The van der Waals surface area contributed by atoms with Crippen molar-refractivity contribution >= 4 is 5.97 Å². The summed E-state index contributed by atoms with van der Waals surface area (Å²) in [5, 5.41) is 44.0. The molecule has 4 aliphatic carbocycles. The molecule has 0 unspecified atom stereocenters. The van der Waals surface area contributed by atoms with Gasteiger partial charge in [0.1, 0.15) is 12.2 Å². The highest BCUT2D eigenvalue weighted by Gasteiger charge is 2.69. The lowest BCUT2D eigenvalue weighted by atomic mass is 9.37. The van der Waals surface area contributed by atoms with Crippen molar-refractivity contribution in [1.29, 1.82) is 0 Å². The third-order valence-corrected chi connectivity index (χ3v) is 12.8. The van der Waals surface area contributed by atoms with E-state index in [2.05, 4.69) is 40.7 Å². The minimum absolute atomic E-state index is 0.0201. The Bertz CT molecular complexity index is 1010. The molecular formula is C32H52O7. The summed E-state index contributed by atoms with van der Waals surface area (Å²) in [6, 6.07) is 0. The monoisotopic (exact) mass is 548 g/mol. The molecule has 0 aromatic rings. The third-order valence-electron chi connectivity index (χ3n) is 12.8. The Morgan fingerprint density at radius 3 is 2.36 bits per heavy atom. The van der Waals surface area contributed by atoms with Crippen LogP contribution in [0.4, 0.5) is 0 Å². The molecule has 0 bridgehead atoms. The van der Waals surface area contributed by atoms with Gasteiger partial charge in [-0.25, -0.2) is 0 Å². The van der Waals surface area contributed by atoms with Gasteiger partial charge in [-0.1, -0.05) is 46.3 Å². The number of allylic oxidation sites excluding steroid dienone is 1. The summed E-state index contributed by atoms with van der Waals surface area (Å²) in [7, 11) is 0. The number of esters is 1. The van der Waals surface area contributed by atoms with Crippen molar-refractivity contribution in [3.8, 4) is 0 Å². The molecule has 4 fully saturated rings. The van der Waals surface area contributed by atoms with Gasteiger partial charge in [0, 0.05) is 23.7 Å². The van der Waals surface area contributed by atoms with Crippen LogP contribution in [0.3, 0.4) is 0 Å². The summed E-state index contributed by atoms with van der Waals surface area (Å²) < 4.78 is 11.6. The van der Waals surface area contributed by atoms with Crippen molar-refractivity contribution in [1.82, 2.24) is 0 Å². The van der Waals surface area contributed by atoms with Crippen LogP contribution in [-0.4, -0.2) is 62.7 Å². The second-order valence-electron chi connectivity index (χ2n) is 15.6. The van der Waals surface area contributed by atoms with Crippen molar-refractivity contribution in [2.75, 3.05) is 0 Å². The van der Waals surface area contributed by atoms with Crippen LogP contribution >= 0.6 is 0 Å². The number of aliphatic hydroxyl groups excluding tert-OH is 3. The number of carbonyl (C=O) groups is 1. The first-order chi connectivity index (χ1) is 17.9. The number of aliphatic hydroxyl groups is 4. The van der Waals surface area contributed by atoms with E-state index in [0.29, 0.717) is 18.8 Å². The second-order valence-corrected chi connectivity index (χ2v) is 15.6. The van der Waals surface area contributed by atoms with Gasteiger partial charge in [0.15, 0.2) is 6.29 Å². The first kappa shape index (κ1) is 29.5. The molecule has 5 rings (SSSR count). The van der Waals surface area contributed by atoms with Gasteiger partial charge in [0.25, 0.3) is 0 Å². The van der Waals surface area contributed by atoms with Gasteiger partial charge in [-0.05, 0) is 87.4 Å². The fourth-order valence-corrected chi connectivity index (χ4v) is 10.8. The molecule has 5 aliphatic rings. The predicted octanol–water partition coefficient (Wildman–Crippen LogP) is 4.35. The van der Waals surface area contributed by atoms with E-state index >= 15 is 0 Å². The molecule has 0 radical (unpaired) electrons. The van der Waals surface area contributed by atoms with E-state index in [1.54, 1.807) is 13.8 Å². The number of hydrogen-bond donors (Lipinski definition) is 4. The standard InChI is InChI=1S/C32H52O7/c1-17(33)38-25-12-14-31(7)22-11-13-30(6)19(18-15-20(39-27(18)36)26(35)29(4,5)37)9-10-21(30)32(22,8)24(34)16-23(31)28(25,2)3/h10,18-20,22-27,34-37H,9,11-16H2,1-8H3/t18-,19-,20+,22+,23-,24+,25+,26-,27+,30-,31+,32-/m0/s1. The predicted molar refractivity (Wildman–Crippen MR) is 147 cm³/mol. The van der Waals surface area contributed by atoms with Gasteiger partial charge in [-0.2, -0.15) is 0 Å². The maximum atomic E-state index is 12.0. The molecule has 7 heteroatoms. The molecule has 39 heavy (non-hydrogen) atoms.